The first-order valence-electron chi connectivity index (χ1n) is 9.90. The van der Waals surface area contributed by atoms with Crippen molar-refractivity contribution in [3.63, 3.8) is 0 Å². The lowest BCUT2D eigenvalue weighted by Crippen LogP contribution is -2.52. The Kier molecular flexibility index (Phi) is 5.95. The van der Waals surface area contributed by atoms with Gasteiger partial charge in [-0.2, -0.15) is 17.5 Å². The molecule has 0 bridgehead atoms. The fourth-order valence-electron chi connectivity index (χ4n) is 3.65. The van der Waals surface area contributed by atoms with Gasteiger partial charge in [0.2, 0.25) is 16.1 Å². The van der Waals surface area contributed by atoms with Crippen molar-refractivity contribution in [2.45, 2.75) is 23.6 Å². The summed E-state index contributed by atoms with van der Waals surface area (Å²) in [4.78, 5) is 19.2. The van der Waals surface area contributed by atoms with Crippen molar-refractivity contribution < 1.29 is 31.2 Å². The average molecular weight is 467 g/mol. The van der Waals surface area contributed by atoms with E-state index in [0.717, 1.165) is 28.1 Å². The lowest BCUT2D eigenvalue weighted by Gasteiger charge is -2.34. The van der Waals surface area contributed by atoms with Crippen LogP contribution in [0.5, 0.6) is 0 Å². The number of piperazine rings is 1. The Morgan fingerprint density at radius 1 is 1.00 bits per heavy atom. The van der Waals surface area contributed by atoms with Crippen LogP contribution in [0, 0.1) is 0 Å². The molecule has 2 heterocycles. The van der Waals surface area contributed by atoms with Gasteiger partial charge in [-0.15, -0.1) is 0 Å². The van der Waals surface area contributed by atoms with E-state index in [9.17, 15) is 26.4 Å². The Labute approximate surface area is 183 Å². The Morgan fingerprint density at radius 3 is 2.34 bits per heavy atom. The molecule has 0 N–H and O–H groups in total. The van der Waals surface area contributed by atoms with Gasteiger partial charge in [-0.05, 0) is 23.8 Å². The van der Waals surface area contributed by atoms with Crippen molar-refractivity contribution in [2.24, 2.45) is 5.16 Å². The zero-order valence-corrected chi connectivity index (χ0v) is 17.6. The van der Waals surface area contributed by atoms with Crippen LogP contribution < -0.4 is 0 Å². The predicted octanol–water partition coefficient (Wildman–Crippen LogP) is 2.73. The van der Waals surface area contributed by atoms with Crippen molar-refractivity contribution in [3.8, 4) is 0 Å². The molecule has 1 atom stereocenters. The third kappa shape index (κ3) is 4.49. The highest BCUT2D eigenvalue weighted by atomic mass is 32.2. The van der Waals surface area contributed by atoms with E-state index in [1.54, 1.807) is 0 Å². The van der Waals surface area contributed by atoms with Gasteiger partial charge in [0.15, 0.2) is 0 Å². The van der Waals surface area contributed by atoms with Gasteiger partial charge in [0, 0.05) is 32.6 Å². The number of rotatable bonds is 4. The number of carbonyl (C=O) groups is 1. The number of oxime groups is 1. The maximum absolute atomic E-state index is 12.9. The first-order valence-corrected chi connectivity index (χ1v) is 11.3. The van der Waals surface area contributed by atoms with Crippen LogP contribution in [0.1, 0.15) is 17.5 Å². The Balaban J connectivity index is 1.38. The summed E-state index contributed by atoms with van der Waals surface area (Å²) in [6, 6.07) is 13.0. The third-order valence-corrected chi connectivity index (χ3v) is 7.30. The molecule has 170 valence electrons. The minimum Gasteiger partial charge on any atom is -0.382 e. The van der Waals surface area contributed by atoms with Gasteiger partial charge >= 0.3 is 6.18 Å². The van der Waals surface area contributed by atoms with E-state index in [2.05, 4.69) is 5.16 Å². The van der Waals surface area contributed by atoms with Gasteiger partial charge in [-0.1, -0.05) is 41.6 Å². The number of benzene rings is 2. The van der Waals surface area contributed by atoms with Crippen molar-refractivity contribution >= 4 is 21.6 Å². The molecule has 32 heavy (non-hydrogen) atoms. The Bertz CT molecular complexity index is 1130. The van der Waals surface area contributed by atoms with Crippen molar-refractivity contribution in [3.05, 3.63) is 65.7 Å². The molecule has 0 saturated carbocycles. The molecule has 2 aliphatic heterocycles. The van der Waals surface area contributed by atoms with Crippen LogP contribution in [-0.4, -0.2) is 61.5 Å². The summed E-state index contributed by atoms with van der Waals surface area (Å²) in [5.74, 6) is -0.296. The second-order valence-corrected chi connectivity index (χ2v) is 9.40. The normalized spacial score (nSPS) is 20.0. The van der Waals surface area contributed by atoms with E-state index >= 15 is 0 Å². The highest BCUT2D eigenvalue weighted by molar-refractivity contribution is 7.89. The largest absolute Gasteiger partial charge is 0.416 e. The third-order valence-electron chi connectivity index (χ3n) is 5.40. The van der Waals surface area contributed by atoms with Gasteiger partial charge in [0.05, 0.1) is 16.2 Å². The first kappa shape index (κ1) is 22.3. The summed E-state index contributed by atoms with van der Waals surface area (Å²) in [5, 5.41) is 4.00. The topological polar surface area (TPSA) is 79.3 Å². The van der Waals surface area contributed by atoms with Crippen molar-refractivity contribution in [1.82, 2.24) is 9.21 Å². The lowest BCUT2D eigenvalue weighted by molar-refractivity contribution is -0.143. The molecular formula is C21H20F3N3O4S. The fourth-order valence-corrected chi connectivity index (χ4v) is 5.11. The number of sulfonamides is 1. The van der Waals surface area contributed by atoms with Crippen LogP contribution in [-0.2, 0) is 25.8 Å². The number of hydrogen-bond acceptors (Lipinski definition) is 5. The minimum absolute atomic E-state index is 0.0244. The number of nitrogens with zero attached hydrogens (tertiary/aromatic N) is 3. The molecule has 2 aromatic rings. The van der Waals surface area contributed by atoms with Gasteiger partial charge in [0.1, 0.15) is 0 Å². The maximum atomic E-state index is 12.9. The molecular weight excluding hydrogens is 447 g/mol. The highest BCUT2D eigenvalue weighted by Crippen LogP contribution is 2.31. The van der Waals surface area contributed by atoms with Gasteiger partial charge in [0.25, 0.3) is 5.91 Å². The van der Waals surface area contributed by atoms with E-state index < -0.39 is 32.8 Å². The van der Waals surface area contributed by atoms with Crippen LogP contribution in [0.2, 0.25) is 0 Å². The summed E-state index contributed by atoms with van der Waals surface area (Å²) in [6.07, 6.45) is -5.11. The van der Waals surface area contributed by atoms with E-state index in [0.29, 0.717) is 18.2 Å². The Hall–Kier alpha value is -2.92. The van der Waals surface area contributed by atoms with Crippen LogP contribution in [0.3, 0.4) is 0 Å². The van der Waals surface area contributed by atoms with Gasteiger partial charge in [-0.3, -0.25) is 4.79 Å². The molecule has 0 spiro atoms. The Morgan fingerprint density at radius 2 is 1.69 bits per heavy atom. The van der Waals surface area contributed by atoms with Crippen LogP contribution in [0.25, 0.3) is 0 Å². The molecule has 11 heteroatoms. The molecule has 0 radical (unpaired) electrons. The van der Waals surface area contributed by atoms with Crippen LogP contribution >= 0.6 is 0 Å². The summed E-state index contributed by atoms with van der Waals surface area (Å²) in [5.41, 5.74) is 0.495. The molecule has 1 saturated heterocycles. The van der Waals surface area contributed by atoms with Gasteiger partial charge < -0.3 is 9.74 Å². The maximum Gasteiger partial charge on any atom is 0.416 e. The van der Waals surface area contributed by atoms with E-state index in [4.69, 9.17) is 4.84 Å². The second-order valence-electron chi connectivity index (χ2n) is 7.46. The standard InChI is InChI=1S/C21H20F3N3O4S/c22-21(23,24)16-7-4-8-17(13-16)32(29,30)27-11-9-26(10-12-27)20(28)19-14-18(25-31-19)15-5-2-1-3-6-15/h1-8,13,19H,9-12,14H2. The highest BCUT2D eigenvalue weighted by Gasteiger charge is 2.37. The molecule has 1 amide bonds. The molecule has 0 aromatic heterocycles. The smallest absolute Gasteiger partial charge is 0.382 e. The summed E-state index contributed by atoms with van der Waals surface area (Å²) >= 11 is 0. The monoisotopic (exact) mass is 467 g/mol. The SMILES string of the molecule is O=C(C1CC(c2ccccc2)=NO1)N1CCN(S(=O)(=O)c2cccc(C(F)(F)F)c2)CC1. The van der Waals surface area contributed by atoms with E-state index in [1.807, 2.05) is 30.3 Å². The van der Waals surface area contributed by atoms with E-state index in [1.165, 1.54) is 4.90 Å². The minimum atomic E-state index is -4.64. The quantitative estimate of drug-likeness (QED) is 0.693. The zero-order chi connectivity index (χ0) is 22.9. The molecule has 4 rings (SSSR count). The molecule has 0 aliphatic carbocycles. The molecule has 7 nitrogen and oxygen atoms in total. The number of halogens is 3. The number of alkyl halides is 3. The van der Waals surface area contributed by atoms with Crippen LogP contribution in [0.15, 0.2) is 64.6 Å². The average Bonchev–Trinajstić information content (AvgIpc) is 3.29. The zero-order valence-electron chi connectivity index (χ0n) is 16.8. The molecule has 2 aromatic carbocycles. The number of amides is 1. The van der Waals surface area contributed by atoms with E-state index in [-0.39, 0.29) is 32.1 Å². The fraction of sp³-hybridized carbons (Fsp3) is 0.333. The molecule has 2 aliphatic rings. The predicted molar refractivity (Wildman–Crippen MR) is 109 cm³/mol. The summed E-state index contributed by atoms with van der Waals surface area (Å²) in [6.45, 7) is 0.169. The second kappa shape index (κ2) is 8.55. The summed E-state index contributed by atoms with van der Waals surface area (Å²) in [7, 11) is -4.12. The first-order chi connectivity index (χ1) is 15.2. The molecule has 1 unspecified atom stereocenters. The number of hydrogen-bond donors (Lipinski definition) is 0. The van der Waals surface area contributed by atoms with Crippen molar-refractivity contribution in [2.75, 3.05) is 26.2 Å². The summed E-state index contributed by atoms with van der Waals surface area (Å²) < 4.78 is 65.6. The van der Waals surface area contributed by atoms with Gasteiger partial charge in [-0.25, -0.2) is 8.42 Å². The lowest BCUT2D eigenvalue weighted by atomic mass is 10.0. The van der Waals surface area contributed by atoms with Crippen molar-refractivity contribution in [1.29, 1.82) is 0 Å². The number of carbonyl (C=O) groups excluding carboxylic acids is 1. The van der Waals surface area contributed by atoms with Crippen LogP contribution in [0.4, 0.5) is 13.2 Å². The molecule has 1 fully saturated rings.